The lowest BCUT2D eigenvalue weighted by Crippen LogP contribution is -2.24. The molecule has 0 bridgehead atoms. The maximum absolute atomic E-state index is 11.7. The van der Waals surface area contributed by atoms with Crippen LogP contribution in [-0.2, 0) is 4.79 Å². The molecule has 1 heterocycles. The van der Waals surface area contributed by atoms with E-state index in [2.05, 4.69) is 15.3 Å². The Morgan fingerprint density at radius 2 is 2.26 bits per heavy atom. The fourth-order valence-electron chi connectivity index (χ4n) is 2.62. The largest absolute Gasteiger partial charge is 0.353 e. The Balaban J connectivity index is 1.56. The first-order valence-electron chi connectivity index (χ1n) is 7.26. The first-order valence-corrected chi connectivity index (χ1v) is 7.26. The Hall–Kier alpha value is -1.58. The Morgan fingerprint density at radius 3 is 3.00 bits per heavy atom. The zero-order valence-corrected chi connectivity index (χ0v) is 11.4. The number of nitrogens with zero attached hydrogens (tertiary/aromatic N) is 1. The van der Waals surface area contributed by atoms with E-state index in [9.17, 15) is 4.79 Å². The van der Waals surface area contributed by atoms with Gasteiger partial charge in [-0.15, -0.1) is 0 Å². The van der Waals surface area contributed by atoms with Crippen LogP contribution in [0.2, 0.25) is 0 Å². The molecule has 1 aromatic heterocycles. The van der Waals surface area contributed by atoms with Crippen LogP contribution in [0.4, 0.5) is 0 Å². The molecule has 0 radical (unpaired) electrons. The number of hydrogen-bond donors (Lipinski definition) is 2. The standard InChI is InChI=1S/C15H23N3O/c19-15(9-8-13-5-2-1-3-6-13)17-10-4-7-14-11-16-12-18-14/h4,7,11-13H,1-3,5-6,8-10H2,(H,16,18)(H,17,19). The summed E-state index contributed by atoms with van der Waals surface area (Å²) in [5.74, 6) is 0.944. The molecule has 19 heavy (non-hydrogen) atoms. The quantitative estimate of drug-likeness (QED) is 0.827. The Kier molecular flexibility index (Phi) is 5.66. The van der Waals surface area contributed by atoms with Crippen LogP contribution in [0.5, 0.6) is 0 Å². The van der Waals surface area contributed by atoms with Gasteiger partial charge in [0.2, 0.25) is 5.91 Å². The van der Waals surface area contributed by atoms with Gasteiger partial charge >= 0.3 is 0 Å². The molecule has 1 aromatic rings. The summed E-state index contributed by atoms with van der Waals surface area (Å²) in [5, 5.41) is 2.92. The van der Waals surface area contributed by atoms with Gasteiger partial charge in [0.1, 0.15) is 0 Å². The molecule has 0 aliphatic heterocycles. The monoisotopic (exact) mass is 261 g/mol. The molecule has 1 aliphatic rings. The number of aromatic amines is 1. The van der Waals surface area contributed by atoms with E-state index in [0.717, 1.165) is 18.0 Å². The minimum absolute atomic E-state index is 0.167. The van der Waals surface area contributed by atoms with Crippen LogP contribution in [0.1, 0.15) is 50.6 Å². The predicted octanol–water partition coefficient (Wildman–Crippen LogP) is 2.90. The molecule has 0 atom stereocenters. The van der Waals surface area contributed by atoms with Crippen molar-refractivity contribution in [2.75, 3.05) is 6.54 Å². The number of rotatable bonds is 6. The molecule has 0 unspecified atom stereocenters. The summed E-state index contributed by atoms with van der Waals surface area (Å²) >= 11 is 0. The SMILES string of the molecule is O=C(CCC1CCCCC1)NCC=Cc1cnc[nH]1. The third-order valence-corrected chi connectivity index (χ3v) is 3.74. The summed E-state index contributed by atoms with van der Waals surface area (Å²) in [6.07, 6.45) is 15.7. The smallest absolute Gasteiger partial charge is 0.220 e. The minimum atomic E-state index is 0.167. The normalized spacial score (nSPS) is 16.8. The molecule has 0 spiro atoms. The molecule has 1 saturated carbocycles. The van der Waals surface area contributed by atoms with Gasteiger partial charge in [0, 0.05) is 13.0 Å². The summed E-state index contributed by atoms with van der Waals surface area (Å²) < 4.78 is 0. The molecule has 1 aliphatic carbocycles. The van der Waals surface area contributed by atoms with E-state index in [4.69, 9.17) is 0 Å². The van der Waals surface area contributed by atoms with Crippen LogP contribution >= 0.6 is 0 Å². The zero-order valence-electron chi connectivity index (χ0n) is 11.4. The van der Waals surface area contributed by atoms with Gasteiger partial charge in [-0.2, -0.15) is 0 Å². The predicted molar refractivity (Wildman–Crippen MR) is 76.4 cm³/mol. The maximum atomic E-state index is 11.7. The van der Waals surface area contributed by atoms with Crippen LogP contribution < -0.4 is 5.32 Å². The van der Waals surface area contributed by atoms with Crippen LogP contribution in [0.3, 0.4) is 0 Å². The van der Waals surface area contributed by atoms with E-state index < -0.39 is 0 Å². The zero-order chi connectivity index (χ0) is 13.3. The molecule has 2 N–H and O–H groups in total. The summed E-state index contributed by atoms with van der Waals surface area (Å²) in [6.45, 7) is 0.586. The molecular formula is C15H23N3O. The summed E-state index contributed by atoms with van der Waals surface area (Å²) in [7, 11) is 0. The highest BCUT2D eigenvalue weighted by Crippen LogP contribution is 2.27. The topological polar surface area (TPSA) is 57.8 Å². The van der Waals surface area contributed by atoms with Crippen molar-refractivity contribution in [3.63, 3.8) is 0 Å². The molecule has 104 valence electrons. The van der Waals surface area contributed by atoms with Crippen molar-refractivity contribution < 1.29 is 4.79 Å². The van der Waals surface area contributed by atoms with E-state index >= 15 is 0 Å². The lowest BCUT2D eigenvalue weighted by Gasteiger charge is -2.20. The first-order chi connectivity index (χ1) is 9.34. The van der Waals surface area contributed by atoms with Crippen LogP contribution in [0, 0.1) is 5.92 Å². The summed E-state index contributed by atoms with van der Waals surface area (Å²) in [6, 6.07) is 0. The Morgan fingerprint density at radius 1 is 1.42 bits per heavy atom. The second kappa shape index (κ2) is 7.77. The van der Waals surface area contributed by atoms with Crippen LogP contribution in [-0.4, -0.2) is 22.4 Å². The van der Waals surface area contributed by atoms with Crippen molar-refractivity contribution in [1.82, 2.24) is 15.3 Å². The van der Waals surface area contributed by atoms with Gasteiger partial charge in [-0.1, -0.05) is 38.2 Å². The van der Waals surface area contributed by atoms with Gasteiger partial charge in [-0.25, -0.2) is 4.98 Å². The first kappa shape index (κ1) is 13.8. The van der Waals surface area contributed by atoms with Gasteiger partial charge in [0.05, 0.1) is 18.2 Å². The van der Waals surface area contributed by atoms with Crippen molar-refractivity contribution in [1.29, 1.82) is 0 Å². The molecule has 4 nitrogen and oxygen atoms in total. The minimum Gasteiger partial charge on any atom is -0.353 e. The van der Waals surface area contributed by atoms with Gasteiger partial charge in [0.15, 0.2) is 0 Å². The second-order valence-electron chi connectivity index (χ2n) is 5.26. The number of imidazole rings is 1. The van der Waals surface area contributed by atoms with Crippen LogP contribution in [0.15, 0.2) is 18.6 Å². The summed E-state index contributed by atoms with van der Waals surface area (Å²) in [5.41, 5.74) is 0.955. The van der Waals surface area contributed by atoms with Crippen molar-refractivity contribution in [2.24, 2.45) is 5.92 Å². The van der Waals surface area contributed by atoms with E-state index in [0.29, 0.717) is 13.0 Å². The molecule has 2 rings (SSSR count). The third kappa shape index (κ3) is 5.28. The Labute approximate surface area is 114 Å². The highest BCUT2D eigenvalue weighted by Gasteiger charge is 2.14. The Bertz CT molecular complexity index is 392. The molecule has 0 saturated heterocycles. The fourth-order valence-corrected chi connectivity index (χ4v) is 2.62. The van der Waals surface area contributed by atoms with Gasteiger partial charge in [-0.3, -0.25) is 4.79 Å². The van der Waals surface area contributed by atoms with Crippen LogP contribution in [0.25, 0.3) is 6.08 Å². The molecular weight excluding hydrogens is 238 g/mol. The molecule has 0 aromatic carbocycles. The highest BCUT2D eigenvalue weighted by molar-refractivity contribution is 5.76. The number of aromatic nitrogens is 2. The van der Waals surface area contributed by atoms with Crippen molar-refractivity contribution in [2.45, 2.75) is 44.9 Å². The lowest BCUT2D eigenvalue weighted by atomic mass is 9.86. The molecule has 1 amide bonds. The number of nitrogens with one attached hydrogen (secondary N) is 2. The summed E-state index contributed by atoms with van der Waals surface area (Å²) in [4.78, 5) is 18.6. The molecule has 4 heteroatoms. The van der Waals surface area contributed by atoms with Gasteiger partial charge < -0.3 is 10.3 Å². The second-order valence-corrected chi connectivity index (χ2v) is 5.26. The van der Waals surface area contributed by atoms with Crippen molar-refractivity contribution in [3.05, 3.63) is 24.3 Å². The van der Waals surface area contributed by atoms with Crippen molar-refractivity contribution in [3.8, 4) is 0 Å². The van der Waals surface area contributed by atoms with E-state index in [-0.39, 0.29) is 5.91 Å². The van der Waals surface area contributed by atoms with Crippen molar-refractivity contribution >= 4 is 12.0 Å². The van der Waals surface area contributed by atoms with Gasteiger partial charge in [-0.05, 0) is 18.4 Å². The number of H-pyrrole nitrogens is 1. The average molecular weight is 261 g/mol. The molecule has 1 fully saturated rings. The number of amides is 1. The highest BCUT2D eigenvalue weighted by atomic mass is 16.1. The van der Waals surface area contributed by atoms with E-state index in [1.807, 2.05) is 12.2 Å². The van der Waals surface area contributed by atoms with E-state index in [1.54, 1.807) is 12.5 Å². The number of carbonyl (C=O) groups excluding carboxylic acids is 1. The van der Waals surface area contributed by atoms with E-state index in [1.165, 1.54) is 32.1 Å². The third-order valence-electron chi connectivity index (χ3n) is 3.74. The van der Waals surface area contributed by atoms with Gasteiger partial charge in [0.25, 0.3) is 0 Å². The average Bonchev–Trinajstić information content (AvgIpc) is 2.96. The number of carbonyl (C=O) groups is 1. The fraction of sp³-hybridized carbons (Fsp3) is 0.600. The maximum Gasteiger partial charge on any atom is 0.220 e. The number of hydrogen-bond acceptors (Lipinski definition) is 2. The lowest BCUT2D eigenvalue weighted by molar-refractivity contribution is -0.121.